The van der Waals surface area contributed by atoms with E-state index in [0.717, 1.165) is 46.7 Å². The number of rotatable bonds is 7. The highest BCUT2D eigenvalue weighted by atomic mass is 16.5. The summed E-state index contributed by atoms with van der Waals surface area (Å²) in [5.74, 6) is 0.943. The Morgan fingerprint density at radius 2 is 1.10 bits per heavy atom. The van der Waals surface area contributed by atoms with E-state index in [-0.39, 0.29) is 5.92 Å². The normalized spacial score (nSPS) is 16.2. The zero-order chi connectivity index (χ0) is 42.5. The predicted molar refractivity (Wildman–Crippen MR) is 262 cm³/mol. The zero-order valence-corrected chi connectivity index (χ0v) is 36.1. The van der Waals surface area contributed by atoms with E-state index in [4.69, 9.17) is 9.73 Å². The molecule has 1 aliphatic carbocycles. The Morgan fingerprint density at radius 1 is 0.524 bits per heavy atom. The Balaban J connectivity index is 1.25. The third kappa shape index (κ3) is 6.19. The maximum absolute atomic E-state index is 6.86. The Hall–Kier alpha value is -7.29. The third-order valence-corrected chi connectivity index (χ3v) is 13.9. The summed E-state index contributed by atoms with van der Waals surface area (Å²) in [5.41, 5.74) is 22.4. The highest BCUT2D eigenvalue weighted by molar-refractivity contribution is 6.22. The van der Waals surface area contributed by atoms with Crippen molar-refractivity contribution < 1.29 is 4.74 Å². The van der Waals surface area contributed by atoms with Crippen LogP contribution < -0.4 is 4.74 Å². The summed E-state index contributed by atoms with van der Waals surface area (Å²) < 4.78 is 6.86. The van der Waals surface area contributed by atoms with E-state index in [1.54, 1.807) is 0 Å². The van der Waals surface area contributed by atoms with Crippen molar-refractivity contribution in [2.24, 2.45) is 10.9 Å². The van der Waals surface area contributed by atoms with Crippen LogP contribution in [0, 0.1) is 5.92 Å². The number of benzene rings is 8. The highest BCUT2D eigenvalue weighted by Crippen LogP contribution is 2.58. The summed E-state index contributed by atoms with van der Waals surface area (Å²) in [6, 6.07) is 73.6. The molecule has 3 aliphatic rings. The summed E-state index contributed by atoms with van der Waals surface area (Å²) >= 11 is 0. The van der Waals surface area contributed by atoms with Crippen LogP contribution in [0.3, 0.4) is 0 Å². The fraction of sp³-hybridized carbons (Fsp3) is 0.131. The fourth-order valence-corrected chi connectivity index (χ4v) is 10.9. The summed E-state index contributed by atoms with van der Waals surface area (Å²) in [5, 5.41) is 0. The molecule has 0 unspecified atom stereocenters. The number of ether oxygens (including phenoxy) is 1. The summed E-state index contributed by atoms with van der Waals surface area (Å²) in [6.45, 7) is 7.61. The van der Waals surface area contributed by atoms with Crippen LogP contribution in [0.1, 0.15) is 71.7 Å². The maximum atomic E-state index is 6.86. The highest BCUT2D eigenvalue weighted by Gasteiger charge is 2.47. The van der Waals surface area contributed by atoms with Crippen molar-refractivity contribution >= 4 is 17.0 Å². The van der Waals surface area contributed by atoms with Gasteiger partial charge in [-0.25, -0.2) is 4.99 Å². The summed E-state index contributed by atoms with van der Waals surface area (Å²) in [6.07, 6.45) is 1.64. The third-order valence-electron chi connectivity index (χ3n) is 13.9. The second-order valence-corrected chi connectivity index (χ2v) is 17.1. The standard InChI is InChI=1S/C61H49NO/c1-4-47-57(40(2)41(3)58(44-25-11-6-12-26-44)62-59(47)51-34-21-33-50-48-31-18-17-24-43(48)36-37-63-60(50)51)54-38-53-49-32-19-20-35-55(49)61(45-27-13-7-14-28-45,46-29-15-8-16-30-46)56(53)39-52(54)42-22-9-5-10-23-42/h5-35,38-40H,4,36-37H2,1-3H3/t40-/m0/s1. The first-order valence-corrected chi connectivity index (χ1v) is 22.5. The molecule has 63 heavy (non-hydrogen) atoms. The van der Waals surface area contributed by atoms with E-state index in [1.165, 1.54) is 77.9 Å². The SMILES string of the molecule is CCC1=C(c2cc3c(cc2-c2ccccc2)C(c2ccccc2)(c2ccccc2)c2ccccc2-3)[C@@H](C)C(C)=C(c2ccccc2)N=C1c1cccc2c1OCCc1ccccc1-2. The molecule has 0 spiro atoms. The quantitative estimate of drug-likeness (QED) is 0.157. The van der Waals surface area contributed by atoms with Gasteiger partial charge in [0.1, 0.15) is 5.75 Å². The van der Waals surface area contributed by atoms with Gasteiger partial charge in [-0.3, -0.25) is 0 Å². The Bertz CT molecular complexity index is 3080. The van der Waals surface area contributed by atoms with Crippen LogP contribution in [0.15, 0.2) is 216 Å². The molecule has 2 nitrogen and oxygen atoms in total. The molecule has 2 heterocycles. The number of hydrogen-bond donors (Lipinski definition) is 0. The Labute approximate surface area is 371 Å². The van der Waals surface area contributed by atoms with Crippen LogP contribution in [-0.4, -0.2) is 12.3 Å². The first-order chi connectivity index (χ1) is 31.1. The molecular formula is C61H49NO. The average Bonchev–Trinajstić information content (AvgIpc) is 3.42. The van der Waals surface area contributed by atoms with E-state index in [0.29, 0.717) is 6.61 Å². The number of para-hydroxylation sites is 1. The smallest absolute Gasteiger partial charge is 0.136 e. The molecule has 0 fully saturated rings. The monoisotopic (exact) mass is 811 g/mol. The summed E-state index contributed by atoms with van der Waals surface area (Å²) in [4.78, 5) is 5.84. The van der Waals surface area contributed by atoms with Crippen molar-refractivity contribution in [2.45, 2.75) is 39.0 Å². The van der Waals surface area contributed by atoms with E-state index >= 15 is 0 Å². The average molecular weight is 812 g/mol. The number of hydrogen-bond acceptors (Lipinski definition) is 2. The minimum Gasteiger partial charge on any atom is -0.492 e. The molecule has 0 radical (unpaired) electrons. The van der Waals surface area contributed by atoms with Gasteiger partial charge in [0.25, 0.3) is 0 Å². The van der Waals surface area contributed by atoms with Crippen molar-refractivity contribution in [1.29, 1.82) is 0 Å². The fourth-order valence-electron chi connectivity index (χ4n) is 10.9. The van der Waals surface area contributed by atoms with Crippen LogP contribution in [0.5, 0.6) is 5.75 Å². The molecule has 0 saturated heterocycles. The number of nitrogens with zero attached hydrogens (tertiary/aromatic N) is 1. The molecule has 2 aliphatic heterocycles. The van der Waals surface area contributed by atoms with Crippen molar-refractivity contribution in [2.75, 3.05) is 6.61 Å². The minimum atomic E-state index is -0.522. The molecule has 0 N–H and O–H groups in total. The predicted octanol–water partition coefficient (Wildman–Crippen LogP) is 15.1. The molecule has 0 bridgehead atoms. The van der Waals surface area contributed by atoms with Crippen LogP contribution in [0.4, 0.5) is 0 Å². The number of aliphatic imine (C=N–C) groups is 1. The van der Waals surface area contributed by atoms with Crippen molar-refractivity contribution in [3.8, 4) is 39.1 Å². The first-order valence-electron chi connectivity index (χ1n) is 22.5. The van der Waals surface area contributed by atoms with Gasteiger partial charge in [-0.15, -0.1) is 0 Å². The van der Waals surface area contributed by atoms with Crippen LogP contribution >= 0.6 is 0 Å². The molecule has 1 atom stereocenters. The van der Waals surface area contributed by atoms with Gasteiger partial charge in [-0.1, -0.05) is 196 Å². The molecule has 8 aromatic carbocycles. The molecule has 2 heteroatoms. The minimum absolute atomic E-state index is 0.0329. The van der Waals surface area contributed by atoms with Gasteiger partial charge in [-0.05, 0) is 109 Å². The van der Waals surface area contributed by atoms with Gasteiger partial charge in [0.15, 0.2) is 0 Å². The van der Waals surface area contributed by atoms with Gasteiger partial charge in [-0.2, -0.15) is 0 Å². The molecule has 11 rings (SSSR count). The second-order valence-electron chi connectivity index (χ2n) is 17.1. The lowest BCUT2D eigenvalue weighted by Crippen LogP contribution is -2.28. The van der Waals surface area contributed by atoms with Crippen LogP contribution in [-0.2, 0) is 11.8 Å². The van der Waals surface area contributed by atoms with E-state index < -0.39 is 5.41 Å². The van der Waals surface area contributed by atoms with E-state index in [9.17, 15) is 0 Å². The van der Waals surface area contributed by atoms with Gasteiger partial charge in [0, 0.05) is 29.0 Å². The summed E-state index contributed by atoms with van der Waals surface area (Å²) in [7, 11) is 0. The van der Waals surface area contributed by atoms with Gasteiger partial charge >= 0.3 is 0 Å². The maximum Gasteiger partial charge on any atom is 0.136 e. The Morgan fingerprint density at radius 3 is 1.78 bits per heavy atom. The Kier molecular flexibility index (Phi) is 9.73. The lowest BCUT2D eigenvalue weighted by molar-refractivity contribution is 0.326. The molecule has 304 valence electrons. The molecule has 0 saturated carbocycles. The van der Waals surface area contributed by atoms with Gasteiger partial charge in [0.2, 0.25) is 0 Å². The number of allylic oxidation sites excluding steroid dienone is 3. The van der Waals surface area contributed by atoms with E-state index in [1.807, 2.05) is 0 Å². The molecule has 0 aromatic heterocycles. The van der Waals surface area contributed by atoms with Crippen molar-refractivity contribution in [3.63, 3.8) is 0 Å². The first kappa shape index (κ1) is 38.6. The topological polar surface area (TPSA) is 21.6 Å². The van der Waals surface area contributed by atoms with Crippen LogP contribution in [0.25, 0.3) is 44.7 Å². The lowest BCUT2D eigenvalue weighted by atomic mass is 9.67. The van der Waals surface area contributed by atoms with E-state index in [2.05, 4.69) is 221 Å². The molecular weight excluding hydrogens is 763 g/mol. The lowest BCUT2D eigenvalue weighted by Gasteiger charge is -2.34. The van der Waals surface area contributed by atoms with Gasteiger partial charge < -0.3 is 4.74 Å². The van der Waals surface area contributed by atoms with Gasteiger partial charge in [0.05, 0.1) is 23.4 Å². The molecule has 8 aromatic rings. The van der Waals surface area contributed by atoms with Crippen LogP contribution in [0.2, 0.25) is 0 Å². The van der Waals surface area contributed by atoms with Crippen molar-refractivity contribution in [3.05, 3.63) is 256 Å². The number of fused-ring (bicyclic) bond motifs is 6. The molecule has 0 amide bonds. The van der Waals surface area contributed by atoms with Crippen molar-refractivity contribution in [1.82, 2.24) is 0 Å². The largest absolute Gasteiger partial charge is 0.492 e. The second kappa shape index (κ2) is 15.9. The zero-order valence-electron chi connectivity index (χ0n) is 36.1.